The summed E-state index contributed by atoms with van der Waals surface area (Å²) >= 11 is 0. The maximum atomic E-state index is 12.9. The number of carbonyl (C=O) groups is 1. The summed E-state index contributed by atoms with van der Waals surface area (Å²) in [5.41, 5.74) is 3.52. The van der Waals surface area contributed by atoms with E-state index in [0.717, 1.165) is 38.0 Å². The lowest BCUT2D eigenvalue weighted by molar-refractivity contribution is 0.0661. The number of carbonyl (C=O) groups excluding carboxylic acids is 1. The van der Waals surface area contributed by atoms with Crippen LogP contribution in [-0.2, 0) is 6.42 Å². The van der Waals surface area contributed by atoms with Crippen molar-refractivity contribution in [3.05, 3.63) is 59.2 Å². The molecular formula is C20H23N5O. The van der Waals surface area contributed by atoms with Gasteiger partial charge in [0.25, 0.3) is 11.7 Å². The number of fused-ring (bicyclic) bond motifs is 1. The van der Waals surface area contributed by atoms with Crippen LogP contribution in [0.1, 0.15) is 40.3 Å². The maximum absolute atomic E-state index is 12.9. The summed E-state index contributed by atoms with van der Waals surface area (Å²) in [6.07, 6.45) is 4.86. The topological polar surface area (TPSA) is 63.4 Å². The van der Waals surface area contributed by atoms with E-state index in [1.165, 1.54) is 11.1 Å². The van der Waals surface area contributed by atoms with Gasteiger partial charge in [0.2, 0.25) is 5.82 Å². The number of amides is 1. The van der Waals surface area contributed by atoms with E-state index in [1.807, 2.05) is 17.9 Å². The van der Waals surface area contributed by atoms with Gasteiger partial charge in [-0.25, -0.2) is 9.50 Å². The van der Waals surface area contributed by atoms with Gasteiger partial charge in [-0.3, -0.25) is 4.79 Å². The third-order valence-electron chi connectivity index (χ3n) is 5.07. The maximum Gasteiger partial charge on any atom is 0.293 e. The number of hydrogen-bond donors (Lipinski definition) is 0. The van der Waals surface area contributed by atoms with E-state index >= 15 is 0 Å². The van der Waals surface area contributed by atoms with Gasteiger partial charge in [-0.15, -0.1) is 5.10 Å². The van der Waals surface area contributed by atoms with Crippen LogP contribution in [0.3, 0.4) is 0 Å². The predicted octanol–water partition coefficient (Wildman–Crippen LogP) is 2.84. The molecule has 2 aromatic heterocycles. The van der Waals surface area contributed by atoms with Gasteiger partial charge in [0, 0.05) is 25.0 Å². The molecular weight excluding hydrogens is 326 g/mol. The number of aromatic nitrogens is 4. The highest BCUT2D eigenvalue weighted by molar-refractivity contribution is 5.91. The number of likely N-dealkylation sites (tertiary alicyclic amines) is 1. The Bertz CT molecular complexity index is 931. The second-order valence-corrected chi connectivity index (χ2v) is 7.18. The first-order valence-electron chi connectivity index (χ1n) is 9.13. The van der Waals surface area contributed by atoms with Crippen molar-refractivity contribution < 1.29 is 4.79 Å². The van der Waals surface area contributed by atoms with Crippen LogP contribution < -0.4 is 0 Å². The lowest BCUT2D eigenvalue weighted by atomic mass is 9.91. The second-order valence-electron chi connectivity index (χ2n) is 7.18. The van der Waals surface area contributed by atoms with E-state index in [0.29, 0.717) is 11.7 Å². The molecule has 1 saturated heterocycles. The van der Waals surface area contributed by atoms with Gasteiger partial charge in [-0.2, -0.15) is 4.98 Å². The Morgan fingerprint density at radius 1 is 1.19 bits per heavy atom. The Morgan fingerprint density at radius 2 is 2.00 bits per heavy atom. The smallest absolute Gasteiger partial charge is 0.293 e. The summed E-state index contributed by atoms with van der Waals surface area (Å²) in [5.74, 6) is 1.10. The zero-order chi connectivity index (χ0) is 18.1. The van der Waals surface area contributed by atoms with E-state index in [9.17, 15) is 4.79 Å². The van der Waals surface area contributed by atoms with Crippen LogP contribution in [0.25, 0.3) is 5.78 Å². The van der Waals surface area contributed by atoms with E-state index in [1.54, 1.807) is 10.7 Å². The molecule has 0 saturated carbocycles. The molecule has 1 aliphatic rings. The molecule has 1 amide bonds. The molecule has 1 fully saturated rings. The van der Waals surface area contributed by atoms with Crippen LogP contribution in [-0.4, -0.2) is 43.5 Å². The number of aryl methyl sites for hydroxylation is 2. The minimum atomic E-state index is -0.0940. The molecule has 1 atom stereocenters. The van der Waals surface area contributed by atoms with E-state index in [4.69, 9.17) is 0 Å². The van der Waals surface area contributed by atoms with Gasteiger partial charge in [-0.1, -0.05) is 29.8 Å². The average molecular weight is 349 g/mol. The van der Waals surface area contributed by atoms with Gasteiger partial charge in [-0.05, 0) is 50.7 Å². The molecule has 3 heterocycles. The SMILES string of the molecule is Cc1ccc(C[C@@H]2CCCN(C(=O)c3nc4nccc(C)n4n3)C2)cc1. The van der Waals surface area contributed by atoms with E-state index < -0.39 is 0 Å². The Hall–Kier alpha value is -2.76. The largest absolute Gasteiger partial charge is 0.336 e. The lowest BCUT2D eigenvalue weighted by Crippen LogP contribution is -2.41. The highest BCUT2D eigenvalue weighted by Crippen LogP contribution is 2.22. The summed E-state index contributed by atoms with van der Waals surface area (Å²) in [4.78, 5) is 23.3. The van der Waals surface area contributed by atoms with Crippen molar-refractivity contribution in [2.24, 2.45) is 5.92 Å². The Balaban J connectivity index is 1.48. The third kappa shape index (κ3) is 3.31. The molecule has 0 aliphatic carbocycles. The second kappa shape index (κ2) is 6.86. The molecule has 0 N–H and O–H groups in total. The number of hydrogen-bond acceptors (Lipinski definition) is 4. The van der Waals surface area contributed by atoms with Crippen molar-refractivity contribution in [1.82, 2.24) is 24.5 Å². The molecule has 26 heavy (non-hydrogen) atoms. The van der Waals surface area contributed by atoms with Crippen LogP contribution in [0.2, 0.25) is 0 Å². The van der Waals surface area contributed by atoms with Crippen molar-refractivity contribution >= 4 is 11.7 Å². The standard InChI is InChI=1S/C20H23N5O/c1-14-5-7-16(8-6-14)12-17-4-3-11-24(13-17)19(26)18-22-20-21-10-9-15(2)25(20)23-18/h5-10,17H,3-4,11-13H2,1-2H3/t17-/m0/s1. The normalized spacial score (nSPS) is 17.6. The van der Waals surface area contributed by atoms with Crippen molar-refractivity contribution in [3.63, 3.8) is 0 Å². The summed E-state index contributed by atoms with van der Waals surface area (Å²) in [6.45, 7) is 5.55. The van der Waals surface area contributed by atoms with Gasteiger partial charge in [0.15, 0.2) is 0 Å². The highest BCUT2D eigenvalue weighted by atomic mass is 16.2. The van der Waals surface area contributed by atoms with Crippen molar-refractivity contribution in [1.29, 1.82) is 0 Å². The molecule has 0 spiro atoms. The summed E-state index contributed by atoms with van der Waals surface area (Å²) in [5, 5.41) is 4.36. The van der Waals surface area contributed by atoms with E-state index in [-0.39, 0.29) is 11.7 Å². The summed E-state index contributed by atoms with van der Waals surface area (Å²) in [7, 11) is 0. The van der Waals surface area contributed by atoms with Crippen molar-refractivity contribution in [2.45, 2.75) is 33.1 Å². The monoisotopic (exact) mass is 349 g/mol. The number of nitrogens with zero attached hydrogens (tertiary/aromatic N) is 5. The molecule has 1 aliphatic heterocycles. The van der Waals surface area contributed by atoms with E-state index in [2.05, 4.69) is 46.3 Å². The number of rotatable bonds is 3. The summed E-state index contributed by atoms with van der Waals surface area (Å²) < 4.78 is 1.63. The fourth-order valence-corrected chi connectivity index (χ4v) is 3.61. The minimum Gasteiger partial charge on any atom is -0.336 e. The average Bonchev–Trinajstić information content (AvgIpc) is 3.09. The fourth-order valence-electron chi connectivity index (χ4n) is 3.61. The van der Waals surface area contributed by atoms with Crippen LogP contribution >= 0.6 is 0 Å². The third-order valence-corrected chi connectivity index (χ3v) is 5.07. The quantitative estimate of drug-likeness (QED) is 0.729. The van der Waals surface area contributed by atoms with Crippen LogP contribution in [0.5, 0.6) is 0 Å². The van der Waals surface area contributed by atoms with Crippen molar-refractivity contribution in [3.8, 4) is 0 Å². The van der Waals surface area contributed by atoms with Crippen LogP contribution in [0.4, 0.5) is 0 Å². The molecule has 0 bridgehead atoms. The molecule has 1 aromatic carbocycles. The number of piperidine rings is 1. The predicted molar refractivity (Wildman–Crippen MR) is 99.0 cm³/mol. The first kappa shape index (κ1) is 16.7. The first-order valence-corrected chi connectivity index (χ1v) is 9.13. The molecule has 4 rings (SSSR count). The van der Waals surface area contributed by atoms with Crippen LogP contribution in [0.15, 0.2) is 36.5 Å². The van der Waals surface area contributed by atoms with Gasteiger partial charge in [0.1, 0.15) is 0 Å². The minimum absolute atomic E-state index is 0.0940. The van der Waals surface area contributed by atoms with Gasteiger partial charge < -0.3 is 4.90 Å². The number of benzene rings is 1. The fraction of sp³-hybridized carbons (Fsp3) is 0.400. The van der Waals surface area contributed by atoms with Gasteiger partial charge in [0.05, 0.1) is 0 Å². The Morgan fingerprint density at radius 3 is 2.77 bits per heavy atom. The zero-order valence-electron chi connectivity index (χ0n) is 15.2. The highest BCUT2D eigenvalue weighted by Gasteiger charge is 2.27. The zero-order valence-corrected chi connectivity index (χ0v) is 15.2. The molecule has 0 radical (unpaired) electrons. The Kier molecular flexibility index (Phi) is 4.41. The molecule has 6 heteroatoms. The Labute approximate surface area is 152 Å². The van der Waals surface area contributed by atoms with Crippen molar-refractivity contribution in [2.75, 3.05) is 13.1 Å². The van der Waals surface area contributed by atoms with Gasteiger partial charge >= 0.3 is 0 Å². The first-order chi connectivity index (χ1) is 12.6. The molecule has 3 aromatic rings. The summed E-state index contributed by atoms with van der Waals surface area (Å²) in [6, 6.07) is 10.5. The molecule has 6 nitrogen and oxygen atoms in total. The lowest BCUT2D eigenvalue weighted by Gasteiger charge is -2.32. The molecule has 0 unspecified atom stereocenters. The van der Waals surface area contributed by atoms with Crippen LogP contribution in [0, 0.1) is 19.8 Å². The molecule has 134 valence electrons.